The van der Waals surface area contributed by atoms with Crippen LogP contribution in [0, 0.1) is 0 Å². The van der Waals surface area contributed by atoms with E-state index in [9.17, 15) is 0 Å². The van der Waals surface area contributed by atoms with E-state index in [1.165, 1.54) is 114 Å². The van der Waals surface area contributed by atoms with Crippen molar-refractivity contribution in [2.45, 2.75) is 58.9 Å². The summed E-state index contributed by atoms with van der Waals surface area (Å²) in [7, 11) is -4.45. The number of fused-ring (bicyclic) bond motifs is 1. The maximum Gasteiger partial charge on any atom is 0.0775 e. The summed E-state index contributed by atoms with van der Waals surface area (Å²) in [5.41, 5.74) is 12.7. The maximum absolute atomic E-state index is 2.50. The minimum absolute atomic E-state index is 1.24. The molecule has 0 fully saturated rings. The van der Waals surface area contributed by atoms with Gasteiger partial charge < -0.3 is 0 Å². The summed E-state index contributed by atoms with van der Waals surface area (Å²) >= 11 is 0. The third kappa shape index (κ3) is 6.97. The van der Waals surface area contributed by atoms with Crippen LogP contribution in [0.15, 0.2) is 176 Å². The van der Waals surface area contributed by atoms with Gasteiger partial charge in [0.2, 0.25) is 0 Å². The molecule has 0 aliphatic rings. The second kappa shape index (κ2) is 14.9. The molecule has 0 radical (unpaired) electrons. The lowest BCUT2D eigenvalue weighted by molar-refractivity contribution is 1.62. The molecule has 0 spiro atoms. The second-order valence-corrected chi connectivity index (χ2v) is 35.8. The molecular formula is C59H56Si3. The van der Waals surface area contributed by atoms with Crippen molar-refractivity contribution < 1.29 is 0 Å². The molecule has 62 heavy (non-hydrogen) atoms. The van der Waals surface area contributed by atoms with Crippen LogP contribution in [0.2, 0.25) is 58.9 Å². The molecule has 0 aliphatic carbocycles. The fraction of sp³-hybridized carbons (Fsp3) is 0.153. The molecule has 0 N–H and O–H groups in total. The number of hydrogen-bond donors (Lipinski definition) is 0. The van der Waals surface area contributed by atoms with Crippen molar-refractivity contribution in [2.75, 3.05) is 0 Å². The van der Waals surface area contributed by atoms with Gasteiger partial charge in [-0.15, -0.1) is 0 Å². The fourth-order valence-electron chi connectivity index (χ4n) is 9.79. The molecule has 0 saturated carbocycles. The van der Waals surface area contributed by atoms with Gasteiger partial charge in [0.25, 0.3) is 0 Å². The zero-order valence-electron chi connectivity index (χ0n) is 37.7. The average molecular weight is 849 g/mol. The van der Waals surface area contributed by atoms with Crippen molar-refractivity contribution in [1.82, 2.24) is 0 Å². The summed E-state index contributed by atoms with van der Waals surface area (Å²) in [5.74, 6) is 0. The Hall–Kier alpha value is -5.85. The molecular weight excluding hydrogens is 793 g/mol. The highest BCUT2D eigenvalue weighted by Gasteiger charge is 2.24. The van der Waals surface area contributed by atoms with Gasteiger partial charge in [-0.3, -0.25) is 0 Å². The van der Waals surface area contributed by atoms with Gasteiger partial charge in [0.15, 0.2) is 0 Å². The van der Waals surface area contributed by atoms with E-state index in [1.54, 1.807) is 0 Å². The van der Waals surface area contributed by atoms with E-state index in [1.807, 2.05) is 0 Å². The van der Waals surface area contributed by atoms with E-state index in [0.29, 0.717) is 0 Å². The molecule has 0 saturated heterocycles. The van der Waals surface area contributed by atoms with Crippen molar-refractivity contribution in [2.24, 2.45) is 0 Å². The minimum atomic E-state index is -1.49. The summed E-state index contributed by atoms with van der Waals surface area (Å²) in [5, 5.41) is 14.9. The molecule has 0 bridgehead atoms. The summed E-state index contributed by atoms with van der Waals surface area (Å²) in [6.45, 7) is 21.9. The van der Waals surface area contributed by atoms with Crippen LogP contribution in [0.1, 0.15) is 0 Å². The summed E-state index contributed by atoms with van der Waals surface area (Å²) < 4.78 is 0. The topological polar surface area (TPSA) is 0 Å². The van der Waals surface area contributed by atoms with Gasteiger partial charge in [0.1, 0.15) is 0 Å². The third-order valence-corrected chi connectivity index (χ3v) is 19.6. The van der Waals surface area contributed by atoms with Crippen LogP contribution in [0.25, 0.3) is 98.7 Å². The molecule has 0 amide bonds. The summed E-state index contributed by atoms with van der Waals surface area (Å²) in [6, 6.07) is 67.9. The molecule has 10 aromatic rings. The van der Waals surface area contributed by atoms with Crippen LogP contribution in [-0.4, -0.2) is 24.2 Å². The lowest BCUT2D eigenvalue weighted by Crippen LogP contribution is -2.37. The predicted octanol–water partition coefficient (Wildman–Crippen LogP) is 15.7. The zero-order chi connectivity index (χ0) is 43.1. The summed E-state index contributed by atoms with van der Waals surface area (Å²) in [4.78, 5) is 0. The van der Waals surface area contributed by atoms with Crippen LogP contribution >= 0.6 is 0 Å². The van der Waals surface area contributed by atoms with E-state index in [-0.39, 0.29) is 0 Å². The molecule has 3 heteroatoms. The van der Waals surface area contributed by atoms with Crippen molar-refractivity contribution >= 4 is 82.9 Å². The van der Waals surface area contributed by atoms with Crippen molar-refractivity contribution in [3.63, 3.8) is 0 Å². The zero-order valence-corrected chi connectivity index (χ0v) is 40.7. The van der Waals surface area contributed by atoms with Gasteiger partial charge in [0, 0.05) is 0 Å². The smallest absolute Gasteiger partial charge is 0.0656 e. The molecule has 304 valence electrons. The van der Waals surface area contributed by atoms with E-state index in [0.717, 1.165) is 0 Å². The SMILES string of the molecule is C[Si](C)(C)c1ccc(-c2cc(-c3ccc([Si](C)(C)C)cc3)c3ccc4c(-c5ccc(-c6ccccc6)c6ccccc56)cc(-c5ccc([Si](C)(C)C)cc5)c5ccc2c3c54)cc1. The first-order chi connectivity index (χ1) is 29.6. The highest BCUT2D eigenvalue weighted by atomic mass is 28.3. The van der Waals surface area contributed by atoms with Crippen molar-refractivity contribution in [3.05, 3.63) is 176 Å². The van der Waals surface area contributed by atoms with E-state index in [2.05, 4.69) is 235 Å². The Morgan fingerprint density at radius 3 is 0.919 bits per heavy atom. The van der Waals surface area contributed by atoms with Crippen LogP contribution < -0.4 is 15.6 Å². The molecule has 0 unspecified atom stereocenters. The van der Waals surface area contributed by atoms with Gasteiger partial charge in [-0.25, -0.2) is 0 Å². The fourth-order valence-corrected chi connectivity index (χ4v) is 13.3. The van der Waals surface area contributed by atoms with Crippen molar-refractivity contribution in [3.8, 4) is 55.6 Å². The molecule has 10 rings (SSSR count). The Labute approximate surface area is 371 Å². The first kappa shape index (κ1) is 40.2. The normalized spacial score (nSPS) is 12.6. The highest BCUT2D eigenvalue weighted by molar-refractivity contribution is 6.89. The van der Waals surface area contributed by atoms with E-state index < -0.39 is 24.2 Å². The van der Waals surface area contributed by atoms with E-state index >= 15 is 0 Å². The molecule has 0 aliphatic heterocycles. The third-order valence-electron chi connectivity index (χ3n) is 13.4. The molecule has 0 heterocycles. The first-order valence-corrected chi connectivity index (χ1v) is 32.8. The largest absolute Gasteiger partial charge is 0.0775 e. The quantitative estimate of drug-likeness (QED) is 0.106. The van der Waals surface area contributed by atoms with E-state index in [4.69, 9.17) is 0 Å². The Balaban J connectivity index is 1.33. The van der Waals surface area contributed by atoms with Crippen LogP contribution in [-0.2, 0) is 0 Å². The number of rotatable bonds is 8. The van der Waals surface area contributed by atoms with Gasteiger partial charge in [-0.05, 0) is 111 Å². The number of benzene rings is 10. The summed E-state index contributed by atoms with van der Waals surface area (Å²) in [6.07, 6.45) is 0. The Morgan fingerprint density at radius 1 is 0.226 bits per heavy atom. The average Bonchev–Trinajstić information content (AvgIpc) is 3.27. The molecule has 0 nitrogen and oxygen atoms in total. The Bertz CT molecular complexity index is 3210. The standard InChI is InChI=1S/C59H56Si3/c1-60(2,3)43-25-19-40(20-26-43)54-37-55(41-21-27-44(28-22-41)61(4,5)6)51-35-36-53-57(49-32-31-46(39-15-11-10-12-16-39)47-17-13-14-18-48(47)49)38-56(52-34-33-50(54)58(51)59(52)53)42-23-29-45(30-24-42)62(7,8)9/h10-38H,1-9H3. The van der Waals surface area contributed by atoms with Gasteiger partial charge >= 0.3 is 0 Å². The monoisotopic (exact) mass is 848 g/mol. The van der Waals surface area contributed by atoms with Crippen LogP contribution in [0.4, 0.5) is 0 Å². The lowest BCUT2D eigenvalue weighted by Gasteiger charge is -2.23. The predicted molar refractivity (Wildman–Crippen MR) is 284 cm³/mol. The number of hydrogen-bond acceptors (Lipinski definition) is 0. The minimum Gasteiger partial charge on any atom is -0.0656 e. The van der Waals surface area contributed by atoms with Crippen LogP contribution in [0.3, 0.4) is 0 Å². The lowest BCUT2D eigenvalue weighted by atomic mass is 9.81. The molecule has 0 atom stereocenters. The van der Waals surface area contributed by atoms with Gasteiger partial charge in [-0.2, -0.15) is 0 Å². The molecule has 10 aromatic carbocycles. The maximum atomic E-state index is 2.50. The van der Waals surface area contributed by atoms with Crippen molar-refractivity contribution in [1.29, 1.82) is 0 Å². The molecule has 0 aromatic heterocycles. The Kier molecular flexibility index (Phi) is 9.68. The van der Waals surface area contributed by atoms with Crippen LogP contribution in [0.5, 0.6) is 0 Å². The Morgan fingerprint density at radius 2 is 0.532 bits per heavy atom. The second-order valence-electron chi connectivity index (χ2n) is 20.6. The van der Waals surface area contributed by atoms with Gasteiger partial charge in [-0.1, -0.05) is 238 Å². The first-order valence-electron chi connectivity index (χ1n) is 22.3. The highest BCUT2D eigenvalue weighted by Crippen LogP contribution is 2.49. The van der Waals surface area contributed by atoms with Gasteiger partial charge in [0.05, 0.1) is 24.2 Å².